The lowest BCUT2D eigenvalue weighted by Gasteiger charge is -2.19. The summed E-state index contributed by atoms with van der Waals surface area (Å²) in [5, 5.41) is 0. The normalized spacial score (nSPS) is 23.3. The van der Waals surface area contributed by atoms with Gasteiger partial charge in [-0.05, 0) is 38.8 Å². The summed E-state index contributed by atoms with van der Waals surface area (Å²) < 4.78 is 24.2. The first-order valence-electron chi connectivity index (χ1n) is 5.61. The van der Waals surface area contributed by atoms with E-state index in [1.165, 1.54) is 12.1 Å². The lowest BCUT2D eigenvalue weighted by atomic mass is 10.1. The molecule has 1 heterocycles. The third-order valence-corrected chi connectivity index (χ3v) is 2.79. The molecule has 1 aromatic carbocycles. The highest BCUT2D eigenvalue weighted by Gasteiger charge is 2.31. The minimum absolute atomic E-state index is 0.0457. The maximum atomic E-state index is 12.9. The van der Waals surface area contributed by atoms with Crippen molar-refractivity contribution in [1.29, 1.82) is 0 Å². The number of benzene rings is 1. The maximum absolute atomic E-state index is 12.9. The highest BCUT2D eigenvalue weighted by Crippen LogP contribution is 2.29. The van der Waals surface area contributed by atoms with E-state index < -0.39 is 0 Å². The molecule has 88 valence electrons. The van der Waals surface area contributed by atoms with Gasteiger partial charge in [0.25, 0.3) is 0 Å². The van der Waals surface area contributed by atoms with E-state index in [9.17, 15) is 4.39 Å². The SMILES string of the molecule is CC1(C)CCC(COc2cccc(F)c2)O1. The Hall–Kier alpha value is -1.09. The van der Waals surface area contributed by atoms with Crippen molar-refractivity contribution in [2.24, 2.45) is 0 Å². The van der Waals surface area contributed by atoms with Gasteiger partial charge in [-0.25, -0.2) is 4.39 Å². The van der Waals surface area contributed by atoms with Crippen molar-refractivity contribution in [3.63, 3.8) is 0 Å². The predicted molar refractivity (Wildman–Crippen MR) is 60.1 cm³/mol. The maximum Gasteiger partial charge on any atom is 0.126 e. The van der Waals surface area contributed by atoms with Crippen LogP contribution in [0.5, 0.6) is 5.75 Å². The quantitative estimate of drug-likeness (QED) is 0.785. The summed E-state index contributed by atoms with van der Waals surface area (Å²) in [6.07, 6.45) is 2.17. The van der Waals surface area contributed by atoms with Gasteiger partial charge in [0, 0.05) is 6.07 Å². The number of hydrogen-bond donors (Lipinski definition) is 0. The van der Waals surface area contributed by atoms with Gasteiger partial charge in [0.15, 0.2) is 0 Å². The van der Waals surface area contributed by atoms with Crippen molar-refractivity contribution in [3.05, 3.63) is 30.1 Å². The molecule has 0 aliphatic carbocycles. The van der Waals surface area contributed by atoms with Crippen molar-refractivity contribution in [1.82, 2.24) is 0 Å². The van der Waals surface area contributed by atoms with Crippen LogP contribution in [0, 0.1) is 5.82 Å². The van der Waals surface area contributed by atoms with Crippen LogP contribution < -0.4 is 4.74 Å². The van der Waals surface area contributed by atoms with E-state index in [0.29, 0.717) is 12.4 Å². The second-order valence-electron chi connectivity index (χ2n) is 4.81. The van der Waals surface area contributed by atoms with Crippen LogP contribution in [-0.2, 0) is 4.74 Å². The van der Waals surface area contributed by atoms with E-state index in [-0.39, 0.29) is 17.5 Å². The summed E-state index contributed by atoms with van der Waals surface area (Å²) in [4.78, 5) is 0. The predicted octanol–water partition coefficient (Wildman–Crippen LogP) is 3.16. The molecule has 0 bridgehead atoms. The zero-order valence-electron chi connectivity index (χ0n) is 9.70. The summed E-state index contributed by atoms with van der Waals surface area (Å²) in [6, 6.07) is 6.19. The molecule has 0 N–H and O–H groups in total. The molecule has 0 amide bonds. The summed E-state index contributed by atoms with van der Waals surface area (Å²) in [5.41, 5.74) is -0.0457. The third-order valence-electron chi connectivity index (χ3n) is 2.79. The highest BCUT2D eigenvalue weighted by atomic mass is 19.1. The van der Waals surface area contributed by atoms with Gasteiger partial charge >= 0.3 is 0 Å². The Morgan fingerprint density at radius 1 is 1.50 bits per heavy atom. The molecule has 0 radical (unpaired) electrons. The van der Waals surface area contributed by atoms with Crippen molar-refractivity contribution < 1.29 is 13.9 Å². The summed E-state index contributed by atoms with van der Waals surface area (Å²) in [6.45, 7) is 4.65. The first-order valence-corrected chi connectivity index (χ1v) is 5.61. The molecule has 3 heteroatoms. The molecule has 1 aliphatic heterocycles. The van der Waals surface area contributed by atoms with Gasteiger partial charge in [0.05, 0.1) is 11.7 Å². The molecular weight excluding hydrogens is 207 g/mol. The monoisotopic (exact) mass is 224 g/mol. The lowest BCUT2D eigenvalue weighted by molar-refractivity contribution is -0.0326. The summed E-state index contributed by atoms with van der Waals surface area (Å²) in [7, 11) is 0. The van der Waals surface area contributed by atoms with Crippen LogP contribution in [0.1, 0.15) is 26.7 Å². The molecule has 1 aromatic rings. The Morgan fingerprint density at radius 3 is 2.94 bits per heavy atom. The first-order chi connectivity index (χ1) is 7.55. The van der Waals surface area contributed by atoms with Crippen LogP contribution in [0.25, 0.3) is 0 Å². The van der Waals surface area contributed by atoms with Gasteiger partial charge in [-0.2, -0.15) is 0 Å². The van der Waals surface area contributed by atoms with Gasteiger partial charge in [-0.15, -0.1) is 0 Å². The molecule has 1 fully saturated rings. The van der Waals surface area contributed by atoms with Gasteiger partial charge < -0.3 is 9.47 Å². The molecule has 0 aromatic heterocycles. The van der Waals surface area contributed by atoms with Crippen LogP contribution in [-0.4, -0.2) is 18.3 Å². The van der Waals surface area contributed by atoms with Crippen molar-refractivity contribution in [2.75, 3.05) is 6.61 Å². The van der Waals surface area contributed by atoms with Crippen LogP contribution in [0.3, 0.4) is 0 Å². The Bertz CT molecular complexity index is 363. The fourth-order valence-corrected chi connectivity index (χ4v) is 1.94. The van der Waals surface area contributed by atoms with Gasteiger partial charge in [-0.1, -0.05) is 6.07 Å². The molecule has 0 spiro atoms. The topological polar surface area (TPSA) is 18.5 Å². The number of halogens is 1. The number of rotatable bonds is 3. The van der Waals surface area contributed by atoms with Crippen molar-refractivity contribution >= 4 is 0 Å². The van der Waals surface area contributed by atoms with E-state index in [1.807, 2.05) is 0 Å². The molecule has 16 heavy (non-hydrogen) atoms. The van der Waals surface area contributed by atoms with E-state index in [4.69, 9.17) is 9.47 Å². The smallest absolute Gasteiger partial charge is 0.126 e. The largest absolute Gasteiger partial charge is 0.491 e. The van der Waals surface area contributed by atoms with E-state index in [2.05, 4.69) is 13.8 Å². The third kappa shape index (κ3) is 2.95. The minimum Gasteiger partial charge on any atom is -0.491 e. The second-order valence-corrected chi connectivity index (χ2v) is 4.81. The van der Waals surface area contributed by atoms with Crippen LogP contribution in [0.15, 0.2) is 24.3 Å². The molecule has 0 saturated carbocycles. The van der Waals surface area contributed by atoms with E-state index in [0.717, 1.165) is 12.8 Å². The molecule has 1 saturated heterocycles. The summed E-state index contributed by atoms with van der Waals surface area (Å²) in [5.74, 6) is 0.290. The zero-order chi connectivity index (χ0) is 11.6. The van der Waals surface area contributed by atoms with Crippen LogP contribution in [0.4, 0.5) is 4.39 Å². The minimum atomic E-state index is -0.273. The average molecular weight is 224 g/mol. The van der Waals surface area contributed by atoms with E-state index >= 15 is 0 Å². The molecule has 2 nitrogen and oxygen atoms in total. The van der Waals surface area contributed by atoms with Crippen molar-refractivity contribution in [3.8, 4) is 5.75 Å². The summed E-state index contributed by atoms with van der Waals surface area (Å²) >= 11 is 0. The molecule has 2 rings (SSSR count). The second kappa shape index (κ2) is 4.42. The fraction of sp³-hybridized carbons (Fsp3) is 0.538. The van der Waals surface area contributed by atoms with E-state index in [1.54, 1.807) is 12.1 Å². The highest BCUT2D eigenvalue weighted by molar-refractivity contribution is 5.22. The molecule has 1 aliphatic rings. The Balaban J connectivity index is 1.84. The lowest BCUT2D eigenvalue weighted by Crippen LogP contribution is -2.23. The Kier molecular flexibility index (Phi) is 3.15. The van der Waals surface area contributed by atoms with Crippen molar-refractivity contribution in [2.45, 2.75) is 38.4 Å². The van der Waals surface area contributed by atoms with Gasteiger partial charge in [0.2, 0.25) is 0 Å². The number of ether oxygens (including phenoxy) is 2. The Morgan fingerprint density at radius 2 is 2.31 bits per heavy atom. The molecule has 1 atom stereocenters. The zero-order valence-corrected chi connectivity index (χ0v) is 9.70. The molecular formula is C13H17FO2. The Labute approximate surface area is 95.4 Å². The van der Waals surface area contributed by atoms with Crippen LogP contribution >= 0.6 is 0 Å². The number of hydrogen-bond acceptors (Lipinski definition) is 2. The van der Waals surface area contributed by atoms with Gasteiger partial charge in [-0.3, -0.25) is 0 Å². The molecule has 1 unspecified atom stereocenters. The standard InChI is InChI=1S/C13H17FO2/c1-13(2)7-6-12(16-13)9-15-11-5-3-4-10(14)8-11/h3-5,8,12H,6-7,9H2,1-2H3. The average Bonchev–Trinajstić information content (AvgIpc) is 2.56. The first kappa shape index (κ1) is 11.4. The fourth-order valence-electron chi connectivity index (χ4n) is 1.94. The van der Waals surface area contributed by atoms with Gasteiger partial charge in [0.1, 0.15) is 18.2 Å². The van der Waals surface area contributed by atoms with Crippen LogP contribution in [0.2, 0.25) is 0 Å².